The van der Waals surface area contributed by atoms with E-state index in [1.54, 1.807) is 7.11 Å². The SMILES string of the molecule is COc1ccc(C2CCc3[nH]c4ccc(Cl)cc4c3C2)cc1. The Labute approximate surface area is 135 Å². The minimum atomic E-state index is 0.566. The van der Waals surface area contributed by atoms with E-state index >= 15 is 0 Å². The van der Waals surface area contributed by atoms with Gasteiger partial charge in [-0.1, -0.05) is 23.7 Å². The van der Waals surface area contributed by atoms with Crippen LogP contribution in [0, 0.1) is 0 Å². The number of aryl methyl sites for hydroxylation is 1. The van der Waals surface area contributed by atoms with Crippen LogP contribution in [0.15, 0.2) is 42.5 Å². The molecule has 0 fully saturated rings. The summed E-state index contributed by atoms with van der Waals surface area (Å²) < 4.78 is 5.25. The molecule has 1 unspecified atom stereocenters. The summed E-state index contributed by atoms with van der Waals surface area (Å²) in [4.78, 5) is 3.55. The summed E-state index contributed by atoms with van der Waals surface area (Å²) in [7, 11) is 1.71. The highest BCUT2D eigenvalue weighted by Crippen LogP contribution is 2.37. The van der Waals surface area contributed by atoms with Gasteiger partial charge in [-0.3, -0.25) is 0 Å². The maximum Gasteiger partial charge on any atom is 0.118 e. The smallest absolute Gasteiger partial charge is 0.118 e. The van der Waals surface area contributed by atoms with Gasteiger partial charge in [0.25, 0.3) is 0 Å². The molecular formula is C19H18ClNO. The molecule has 0 amide bonds. The first-order valence-corrected chi connectivity index (χ1v) is 8.05. The van der Waals surface area contributed by atoms with Gasteiger partial charge in [0, 0.05) is 21.6 Å². The Morgan fingerprint density at radius 2 is 1.95 bits per heavy atom. The molecule has 4 rings (SSSR count). The van der Waals surface area contributed by atoms with Gasteiger partial charge in [0.05, 0.1) is 7.11 Å². The van der Waals surface area contributed by atoms with Gasteiger partial charge in [-0.2, -0.15) is 0 Å². The van der Waals surface area contributed by atoms with Gasteiger partial charge in [-0.25, -0.2) is 0 Å². The minimum Gasteiger partial charge on any atom is -0.497 e. The van der Waals surface area contributed by atoms with Gasteiger partial charge in [0.1, 0.15) is 5.75 Å². The third-order valence-electron chi connectivity index (χ3n) is 4.74. The second-order valence-corrected chi connectivity index (χ2v) is 6.42. The lowest BCUT2D eigenvalue weighted by atomic mass is 9.82. The Bertz CT molecular complexity index is 819. The molecule has 3 heteroatoms. The lowest BCUT2D eigenvalue weighted by Gasteiger charge is -2.23. The Morgan fingerprint density at radius 1 is 1.14 bits per heavy atom. The fourth-order valence-corrected chi connectivity index (χ4v) is 3.72. The second-order valence-electron chi connectivity index (χ2n) is 5.98. The number of aromatic nitrogens is 1. The Morgan fingerprint density at radius 3 is 2.73 bits per heavy atom. The van der Waals surface area contributed by atoms with Gasteiger partial charge in [-0.05, 0) is 66.6 Å². The minimum absolute atomic E-state index is 0.566. The third-order valence-corrected chi connectivity index (χ3v) is 4.97. The van der Waals surface area contributed by atoms with E-state index in [9.17, 15) is 0 Å². The van der Waals surface area contributed by atoms with E-state index < -0.39 is 0 Å². The maximum absolute atomic E-state index is 6.18. The number of hydrogen-bond donors (Lipinski definition) is 1. The Hall–Kier alpha value is -1.93. The standard InChI is InChI=1S/C19H18ClNO/c1-22-15-6-2-12(3-7-15)13-4-8-18-16(10-13)17-11-14(20)5-9-19(17)21-18/h2-3,5-7,9,11,13,21H,4,8,10H2,1H3. The summed E-state index contributed by atoms with van der Waals surface area (Å²) in [5, 5.41) is 2.08. The fraction of sp³-hybridized carbons (Fsp3) is 0.263. The van der Waals surface area contributed by atoms with E-state index in [-0.39, 0.29) is 0 Å². The number of H-pyrrole nitrogens is 1. The van der Waals surface area contributed by atoms with Crippen molar-refractivity contribution < 1.29 is 4.74 Å². The van der Waals surface area contributed by atoms with Crippen molar-refractivity contribution in [3.8, 4) is 5.75 Å². The lowest BCUT2D eigenvalue weighted by Crippen LogP contribution is -2.12. The summed E-state index contributed by atoms with van der Waals surface area (Å²) in [5.74, 6) is 1.48. The van der Waals surface area contributed by atoms with Crippen LogP contribution in [0.2, 0.25) is 5.02 Å². The number of aromatic amines is 1. The van der Waals surface area contributed by atoms with Gasteiger partial charge in [0.2, 0.25) is 0 Å². The molecule has 1 aliphatic rings. The number of hydrogen-bond acceptors (Lipinski definition) is 1. The zero-order chi connectivity index (χ0) is 15.1. The van der Waals surface area contributed by atoms with Crippen molar-refractivity contribution in [3.05, 3.63) is 64.3 Å². The summed E-state index contributed by atoms with van der Waals surface area (Å²) >= 11 is 6.18. The highest BCUT2D eigenvalue weighted by molar-refractivity contribution is 6.31. The van der Waals surface area contributed by atoms with E-state index in [1.807, 2.05) is 6.07 Å². The Balaban J connectivity index is 1.70. The van der Waals surface area contributed by atoms with Crippen LogP contribution in [-0.2, 0) is 12.8 Å². The molecule has 1 heterocycles. The lowest BCUT2D eigenvalue weighted by molar-refractivity contribution is 0.414. The number of nitrogens with one attached hydrogen (secondary N) is 1. The molecule has 1 aliphatic carbocycles. The molecule has 1 N–H and O–H groups in total. The second kappa shape index (κ2) is 5.36. The molecule has 0 bridgehead atoms. The summed E-state index contributed by atoms with van der Waals surface area (Å²) in [6, 6.07) is 14.6. The average molecular weight is 312 g/mol. The third kappa shape index (κ3) is 2.28. The number of rotatable bonds is 2. The number of benzene rings is 2. The number of fused-ring (bicyclic) bond motifs is 3. The Kier molecular flexibility index (Phi) is 3.34. The van der Waals surface area contributed by atoms with Crippen LogP contribution in [0.3, 0.4) is 0 Å². The van der Waals surface area contributed by atoms with E-state index in [0.29, 0.717) is 5.92 Å². The topological polar surface area (TPSA) is 25.0 Å². The van der Waals surface area contributed by atoms with Crippen molar-refractivity contribution in [1.82, 2.24) is 4.98 Å². The van der Waals surface area contributed by atoms with Crippen LogP contribution in [0.5, 0.6) is 5.75 Å². The molecule has 2 aromatic carbocycles. The first-order valence-electron chi connectivity index (χ1n) is 7.67. The van der Waals surface area contributed by atoms with Gasteiger partial charge in [0.15, 0.2) is 0 Å². The molecule has 0 aliphatic heterocycles. The summed E-state index contributed by atoms with van der Waals surface area (Å²) in [6.07, 6.45) is 3.35. The molecule has 0 radical (unpaired) electrons. The van der Waals surface area contributed by atoms with Crippen molar-refractivity contribution in [1.29, 1.82) is 0 Å². The normalized spacial score (nSPS) is 17.5. The van der Waals surface area contributed by atoms with Crippen LogP contribution >= 0.6 is 11.6 Å². The van der Waals surface area contributed by atoms with Crippen LogP contribution < -0.4 is 4.74 Å². The van der Waals surface area contributed by atoms with E-state index in [4.69, 9.17) is 16.3 Å². The van der Waals surface area contributed by atoms with Gasteiger partial charge in [-0.15, -0.1) is 0 Å². The van der Waals surface area contributed by atoms with E-state index in [0.717, 1.165) is 23.6 Å². The van der Waals surface area contributed by atoms with E-state index in [1.165, 1.54) is 34.1 Å². The van der Waals surface area contributed by atoms with Crippen molar-refractivity contribution >= 4 is 22.5 Å². The largest absolute Gasteiger partial charge is 0.497 e. The zero-order valence-electron chi connectivity index (χ0n) is 12.5. The first-order chi connectivity index (χ1) is 10.7. The molecule has 0 spiro atoms. The number of ether oxygens (including phenoxy) is 1. The van der Waals surface area contributed by atoms with Crippen LogP contribution in [-0.4, -0.2) is 12.1 Å². The quantitative estimate of drug-likeness (QED) is 0.699. The number of halogens is 1. The predicted octanol–water partition coefficient (Wildman–Crippen LogP) is 5.10. The molecule has 1 aromatic heterocycles. The van der Waals surface area contributed by atoms with Gasteiger partial charge < -0.3 is 9.72 Å². The average Bonchev–Trinajstić information content (AvgIpc) is 2.92. The molecule has 0 saturated heterocycles. The van der Waals surface area contributed by atoms with Crippen molar-refractivity contribution in [3.63, 3.8) is 0 Å². The zero-order valence-corrected chi connectivity index (χ0v) is 13.3. The molecular weight excluding hydrogens is 294 g/mol. The molecule has 3 aromatic rings. The summed E-state index contributed by atoms with van der Waals surface area (Å²) in [6.45, 7) is 0. The first kappa shape index (κ1) is 13.7. The predicted molar refractivity (Wildman–Crippen MR) is 91.1 cm³/mol. The van der Waals surface area contributed by atoms with Crippen molar-refractivity contribution in [2.45, 2.75) is 25.2 Å². The van der Waals surface area contributed by atoms with Crippen LogP contribution in [0.1, 0.15) is 29.2 Å². The van der Waals surface area contributed by atoms with Gasteiger partial charge >= 0.3 is 0 Å². The molecule has 112 valence electrons. The van der Waals surface area contributed by atoms with E-state index in [2.05, 4.69) is 41.4 Å². The number of methoxy groups -OCH3 is 1. The van der Waals surface area contributed by atoms with Crippen LogP contribution in [0.4, 0.5) is 0 Å². The monoisotopic (exact) mass is 311 g/mol. The van der Waals surface area contributed by atoms with Crippen LogP contribution in [0.25, 0.3) is 10.9 Å². The van der Waals surface area contributed by atoms with Crippen molar-refractivity contribution in [2.75, 3.05) is 7.11 Å². The highest BCUT2D eigenvalue weighted by atomic mass is 35.5. The van der Waals surface area contributed by atoms with Crippen molar-refractivity contribution in [2.24, 2.45) is 0 Å². The molecule has 0 saturated carbocycles. The fourth-order valence-electron chi connectivity index (χ4n) is 3.55. The maximum atomic E-state index is 6.18. The molecule has 22 heavy (non-hydrogen) atoms. The summed E-state index contributed by atoms with van der Waals surface area (Å²) in [5.41, 5.74) is 5.40. The molecule has 2 nitrogen and oxygen atoms in total. The highest BCUT2D eigenvalue weighted by Gasteiger charge is 2.23. The molecule has 1 atom stereocenters.